The van der Waals surface area contributed by atoms with Crippen LogP contribution in [0.3, 0.4) is 0 Å². The van der Waals surface area contributed by atoms with E-state index in [0.717, 1.165) is 11.3 Å². The van der Waals surface area contributed by atoms with Gasteiger partial charge in [0.15, 0.2) is 0 Å². The van der Waals surface area contributed by atoms with Gasteiger partial charge in [0, 0.05) is 24.2 Å². The summed E-state index contributed by atoms with van der Waals surface area (Å²) in [5, 5.41) is 8.78. The van der Waals surface area contributed by atoms with Gasteiger partial charge in [-0.05, 0) is 42.6 Å². The van der Waals surface area contributed by atoms with E-state index in [9.17, 15) is 4.79 Å². The minimum atomic E-state index is -0.184. The van der Waals surface area contributed by atoms with Gasteiger partial charge in [-0.25, -0.2) is 0 Å². The SMILES string of the molecule is CCOc1c(C(C)(C)C)cc(CCC(=O)OCCCCO)cc1C(C)(C)C. The van der Waals surface area contributed by atoms with E-state index < -0.39 is 0 Å². The van der Waals surface area contributed by atoms with Gasteiger partial charge in [0.05, 0.1) is 13.2 Å². The van der Waals surface area contributed by atoms with Crippen molar-refractivity contribution >= 4 is 5.97 Å². The van der Waals surface area contributed by atoms with Crippen LogP contribution < -0.4 is 4.74 Å². The quantitative estimate of drug-likeness (QED) is 0.489. The number of aryl methyl sites for hydroxylation is 1. The molecule has 0 heterocycles. The van der Waals surface area contributed by atoms with E-state index in [1.54, 1.807) is 0 Å². The van der Waals surface area contributed by atoms with Crippen LogP contribution in [0.4, 0.5) is 0 Å². The fourth-order valence-corrected chi connectivity index (χ4v) is 2.97. The van der Waals surface area contributed by atoms with E-state index in [1.165, 1.54) is 11.1 Å². The van der Waals surface area contributed by atoms with Crippen molar-refractivity contribution in [3.63, 3.8) is 0 Å². The molecule has 0 aromatic heterocycles. The molecule has 4 nitrogen and oxygen atoms in total. The summed E-state index contributed by atoms with van der Waals surface area (Å²) in [4.78, 5) is 12.0. The van der Waals surface area contributed by atoms with Crippen molar-refractivity contribution in [1.82, 2.24) is 0 Å². The van der Waals surface area contributed by atoms with Gasteiger partial charge in [-0.15, -0.1) is 0 Å². The number of carbonyl (C=O) groups excluding carboxylic acids is 1. The zero-order valence-electron chi connectivity index (χ0n) is 18.3. The molecule has 27 heavy (non-hydrogen) atoms. The molecular weight excluding hydrogens is 340 g/mol. The third kappa shape index (κ3) is 7.53. The molecule has 1 N–H and O–H groups in total. The minimum Gasteiger partial charge on any atom is -0.493 e. The molecule has 4 heteroatoms. The van der Waals surface area contributed by atoms with Crippen LogP contribution >= 0.6 is 0 Å². The first-order valence-corrected chi connectivity index (χ1v) is 10.1. The van der Waals surface area contributed by atoms with Crippen molar-refractivity contribution in [2.45, 2.75) is 85.0 Å². The third-order valence-corrected chi connectivity index (χ3v) is 4.49. The fourth-order valence-electron chi connectivity index (χ4n) is 2.97. The highest BCUT2D eigenvalue weighted by Crippen LogP contribution is 2.41. The molecule has 154 valence electrons. The van der Waals surface area contributed by atoms with Gasteiger partial charge in [0.1, 0.15) is 5.75 Å². The first kappa shape index (κ1) is 23.5. The van der Waals surface area contributed by atoms with Crippen LogP contribution in [-0.4, -0.2) is 30.9 Å². The molecule has 0 unspecified atom stereocenters. The van der Waals surface area contributed by atoms with Crippen LogP contribution in [0.2, 0.25) is 0 Å². The molecule has 1 aromatic rings. The summed E-state index contributed by atoms with van der Waals surface area (Å²) in [6.45, 7) is 16.3. The van der Waals surface area contributed by atoms with Crippen LogP contribution in [0.15, 0.2) is 12.1 Å². The Morgan fingerprint density at radius 2 is 1.56 bits per heavy atom. The van der Waals surface area contributed by atoms with E-state index in [0.29, 0.717) is 38.9 Å². The van der Waals surface area contributed by atoms with Gasteiger partial charge >= 0.3 is 5.97 Å². The van der Waals surface area contributed by atoms with E-state index in [2.05, 4.69) is 53.7 Å². The van der Waals surface area contributed by atoms with Crippen molar-refractivity contribution in [2.75, 3.05) is 19.8 Å². The van der Waals surface area contributed by atoms with E-state index in [-0.39, 0.29) is 23.4 Å². The predicted octanol–water partition coefficient (Wildman–Crippen LogP) is 4.93. The molecule has 0 radical (unpaired) electrons. The summed E-state index contributed by atoms with van der Waals surface area (Å²) >= 11 is 0. The molecule has 0 aliphatic rings. The first-order valence-electron chi connectivity index (χ1n) is 10.1. The normalized spacial score (nSPS) is 12.1. The van der Waals surface area contributed by atoms with E-state index in [1.807, 2.05) is 6.92 Å². The zero-order valence-corrected chi connectivity index (χ0v) is 18.3. The lowest BCUT2D eigenvalue weighted by molar-refractivity contribution is -0.143. The Balaban J connectivity index is 3.06. The fraction of sp³-hybridized carbons (Fsp3) is 0.696. The zero-order chi connectivity index (χ0) is 20.7. The van der Waals surface area contributed by atoms with Gasteiger partial charge in [-0.3, -0.25) is 4.79 Å². The molecule has 0 spiro atoms. The average molecular weight is 379 g/mol. The number of ether oxygens (including phenoxy) is 2. The van der Waals surface area contributed by atoms with Gasteiger partial charge in [-0.2, -0.15) is 0 Å². The van der Waals surface area contributed by atoms with Crippen LogP contribution in [0.25, 0.3) is 0 Å². The van der Waals surface area contributed by atoms with E-state index >= 15 is 0 Å². The van der Waals surface area contributed by atoms with Crippen LogP contribution in [0.5, 0.6) is 5.75 Å². The maximum absolute atomic E-state index is 12.0. The molecular formula is C23H38O4. The lowest BCUT2D eigenvalue weighted by atomic mass is 9.78. The monoisotopic (exact) mass is 378 g/mol. The molecule has 0 bridgehead atoms. The summed E-state index contributed by atoms with van der Waals surface area (Å²) in [6.07, 6.45) is 2.38. The summed E-state index contributed by atoms with van der Waals surface area (Å²) in [5.41, 5.74) is 3.41. The van der Waals surface area contributed by atoms with Crippen LogP contribution in [0.1, 0.15) is 84.4 Å². The number of rotatable bonds is 9. The molecule has 0 fully saturated rings. The minimum absolute atomic E-state index is 0.0503. The van der Waals surface area contributed by atoms with E-state index in [4.69, 9.17) is 14.6 Å². The molecule has 1 aromatic carbocycles. The maximum atomic E-state index is 12.0. The Morgan fingerprint density at radius 3 is 2.00 bits per heavy atom. The second kappa shape index (κ2) is 10.1. The number of carbonyl (C=O) groups is 1. The topological polar surface area (TPSA) is 55.8 Å². The highest BCUT2D eigenvalue weighted by molar-refractivity contribution is 5.69. The number of aliphatic hydroxyl groups excluding tert-OH is 1. The summed E-state index contributed by atoms with van der Waals surface area (Å²) < 4.78 is 11.3. The first-order chi connectivity index (χ1) is 12.5. The Labute approximate surface area is 165 Å². The summed E-state index contributed by atoms with van der Waals surface area (Å²) in [7, 11) is 0. The number of hydrogen-bond donors (Lipinski definition) is 1. The predicted molar refractivity (Wildman–Crippen MR) is 111 cm³/mol. The largest absolute Gasteiger partial charge is 0.493 e. The maximum Gasteiger partial charge on any atom is 0.306 e. The van der Waals surface area contributed by atoms with Gasteiger partial charge in [0.25, 0.3) is 0 Å². The third-order valence-electron chi connectivity index (χ3n) is 4.49. The lowest BCUT2D eigenvalue weighted by Crippen LogP contribution is -2.20. The number of aliphatic hydroxyl groups is 1. The van der Waals surface area contributed by atoms with Crippen molar-refractivity contribution in [1.29, 1.82) is 0 Å². The summed E-state index contributed by atoms with van der Waals surface area (Å²) in [6, 6.07) is 4.36. The Bertz CT molecular complexity index is 571. The van der Waals surface area contributed by atoms with Crippen molar-refractivity contribution in [3.8, 4) is 5.75 Å². The molecule has 0 saturated heterocycles. The van der Waals surface area contributed by atoms with Gasteiger partial charge in [0.2, 0.25) is 0 Å². The second-order valence-electron chi connectivity index (χ2n) is 9.10. The highest BCUT2D eigenvalue weighted by Gasteiger charge is 2.27. The highest BCUT2D eigenvalue weighted by atomic mass is 16.5. The number of unbranched alkanes of at least 4 members (excludes halogenated alkanes) is 1. The number of benzene rings is 1. The Kier molecular flexibility index (Phi) is 8.80. The van der Waals surface area contributed by atoms with Gasteiger partial charge < -0.3 is 14.6 Å². The average Bonchev–Trinajstić information content (AvgIpc) is 2.55. The molecule has 0 amide bonds. The standard InChI is InChI=1S/C23H38O4/c1-8-26-21-18(22(2,3)4)15-17(16-19(21)23(5,6)7)11-12-20(25)27-14-10-9-13-24/h15-16,24H,8-14H2,1-7H3. The Hall–Kier alpha value is -1.55. The van der Waals surface area contributed by atoms with Crippen LogP contribution in [-0.2, 0) is 26.8 Å². The number of hydrogen-bond acceptors (Lipinski definition) is 4. The van der Waals surface area contributed by atoms with Crippen molar-refractivity contribution in [3.05, 3.63) is 28.8 Å². The number of esters is 1. The lowest BCUT2D eigenvalue weighted by Gasteiger charge is -2.30. The second-order valence-corrected chi connectivity index (χ2v) is 9.10. The Morgan fingerprint density at radius 1 is 1.00 bits per heavy atom. The summed E-state index contributed by atoms with van der Waals surface area (Å²) in [5.74, 6) is 0.796. The van der Waals surface area contributed by atoms with Crippen molar-refractivity contribution in [2.24, 2.45) is 0 Å². The molecule has 0 aliphatic carbocycles. The molecule has 0 saturated carbocycles. The molecule has 0 atom stereocenters. The van der Waals surface area contributed by atoms with Crippen LogP contribution in [0, 0.1) is 0 Å². The smallest absolute Gasteiger partial charge is 0.306 e. The van der Waals surface area contributed by atoms with Gasteiger partial charge in [-0.1, -0.05) is 53.7 Å². The molecule has 0 aliphatic heterocycles. The van der Waals surface area contributed by atoms with Crippen molar-refractivity contribution < 1.29 is 19.4 Å². The molecule has 1 rings (SSSR count).